The lowest BCUT2D eigenvalue weighted by atomic mass is 9.99. The van der Waals surface area contributed by atoms with Crippen LogP contribution in [0.15, 0.2) is 73.2 Å². The number of rotatable bonds is 9. The minimum absolute atomic E-state index is 0.0339. The molecule has 6 rings (SSSR count). The number of aromatic nitrogens is 3. The topological polar surface area (TPSA) is 120 Å². The van der Waals surface area contributed by atoms with E-state index >= 15 is 4.39 Å². The number of primary amides is 1. The summed E-state index contributed by atoms with van der Waals surface area (Å²) in [5.41, 5.74) is 6.70. The second-order valence-corrected chi connectivity index (χ2v) is 11.1. The van der Waals surface area contributed by atoms with Crippen LogP contribution in [-0.2, 0) is 22.6 Å². The monoisotopic (exact) mass is 603 g/mol. The lowest BCUT2D eigenvalue weighted by Crippen LogP contribution is -2.34. The average molecular weight is 604 g/mol. The molecule has 2 aromatic carbocycles. The number of ketones is 1. The first-order chi connectivity index (χ1) is 20.6. The first-order valence-electron chi connectivity index (χ1n) is 13.9. The number of carbonyl (C=O) groups excluding carboxylic acids is 3. The van der Waals surface area contributed by atoms with Gasteiger partial charge in [-0.15, -0.1) is 0 Å². The summed E-state index contributed by atoms with van der Waals surface area (Å²) < 4.78 is 23.2. The van der Waals surface area contributed by atoms with Crippen LogP contribution in [0.3, 0.4) is 0 Å². The molecule has 2 aliphatic rings. The van der Waals surface area contributed by atoms with Crippen LogP contribution in [0.25, 0.3) is 0 Å². The normalized spacial score (nSPS) is 16.3. The maximum absolute atomic E-state index is 15.5. The number of nitrogens with zero attached hydrogens (tertiary/aromatic N) is 4. The van der Waals surface area contributed by atoms with Crippen LogP contribution in [0.1, 0.15) is 69.1 Å². The van der Waals surface area contributed by atoms with Crippen LogP contribution in [0.4, 0.5) is 4.39 Å². The number of amides is 2. The van der Waals surface area contributed by atoms with E-state index in [1.54, 1.807) is 23.1 Å². The SMILES string of the molecule is CCn1cc(C(=O)c2cc(F)c3c(c2)C(=O)N(Cc2ccc(C)cn2)C3OCC2(C(N)=O)CC2)cn1.Clc1ccccc1. The Morgan fingerprint density at radius 2 is 1.86 bits per heavy atom. The first kappa shape index (κ1) is 30.1. The fourth-order valence-electron chi connectivity index (χ4n) is 4.77. The number of ether oxygens (including phenoxy) is 1. The van der Waals surface area contributed by atoms with E-state index in [1.807, 2.05) is 50.2 Å². The third kappa shape index (κ3) is 6.50. The van der Waals surface area contributed by atoms with Crippen LogP contribution >= 0.6 is 11.6 Å². The van der Waals surface area contributed by atoms with Gasteiger partial charge < -0.3 is 15.4 Å². The zero-order valence-corrected chi connectivity index (χ0v) is 24.6. The highest BCUT2D eigenvalue weighted by atomic mass is 35.5. The fourth-order valence-corrected chi connectivity index (χ4v) is 4.92. The van der Waals surface area contributed by atoms with E-state index < -0.39 is 35.1 Å². The third-order valence-corrected chi connectivity index (χ3v) is 7.82. The molecule has 0 radical (unpaired) electrons. The van der Waals surface area contributed by atoms with Gasteiger partial charge in [0.15, 0.2) is 12.0 Å². The van der Waals surface area contributed by atoms with Gasteiger partial charge in [0.05, 0.1) is 41.6 Å². The second-order valence-electron chi connectivity index (χ2n) is 10.7. The zero-order valence-electron chi connectivity index (χ0n) is 23.8. The van der Waals surface area contributed by atoms with Crippen LogP contribution in [0, 0.1) is 18.2 Å². The van der Waals surface area contributed by atoms with Crippen LogP contribution in [0.2, 0.25) is 5.02 Å². The summed E-state index contributed by atoms with van der Waals surface area (Å²) in [6.45, 7) is 4.40. The molecule has 2 N–H and O–H groups in total. The van der Waals surface area contributed by atoms with E-state index in [9.17, 15) is 14.4 Å². The van der Waals surface area contributed by atoms with Crippen molar-refractivity contribution in [1.82, 2.24) is 19.7 Å². The summed E-state index contributed by atoms with van der Waals surface area (Å²) in [4.78, 5) is 44.1. The lowest BCUT2D eigenvalue weighted by Gasteiger charge is -2.26. The quantitative estimate of drug-likeness (QED) is 0.261. The summed E-state index contributed by atoms with van der Waals surface area (Å²) in [7, 11) is 0. The van der Waals surface area contributed by atoms with Crippen molar-refractivity contribution in [2.45, 2.75) is 46.0 Å². The van der Waals surface area contributed by atoms with Gasteiger partial charge in [-0.25, -0.2) is 4.39 Å². The van der Waals surface area contributed by atoms with E-state index in [1.165, 1.54) is 17.2 Å². The Labute approximate surface area is 253 Å². The Kier molecular flexibility index (Phi) is 8.70. The molecule has 222 valence electrons. The molecule has 43 heavy (non-hydrogen) atoms. The Morgan fingerprint density at radius 3 is 2.42 bits per heavy atom. The average Bonchev–Trinajstić information content (AvgIpc) is 3.56. The van der Waals surface area contributed by atoms with E-state index in [-0.39, 0.29) is 29.8 Å². The van der Waals surface area contributed by atoms with E-state index in [0.717, 1.165) is 16.7 Å². The van der Waals surface area contributed by atoms with Gasteiger partial charge in [0.2, 0.25) is 5.91 Å². The minimum Gasteiger partial charge on any atom is -0.369 e. The summed E-state index contributed by atoms with van der Waals surface area (Å²) >= 11 is 5.54. The van der Waals surface area contributed by atoms with Crippen molar-refractivity contribution < 1.29 is 23.5 Å². The van der Waals surface area contributed by atoms with Crippen molar-refractivity contribution in [3.8, 4) is 0 Å². The van der Waals surface area contributed by atoms with Gasteiger partial charge in [0, 0.05) is 35.1 Å². The largest absolute Gasteiger partial charge is 0.369 e. The number of nitrogens with two attached hydrogens (primary N) is 1. The van der Waals surface area contributed by atoms with Crippen LogP contribution in [-0.4, -0.2) is 43.9 Å². The van der Waals surface area contributed by atoms with Gasteiger partial charge in [-0.3, -0.25) is 24.0 Å². The van der Waals surface area contributed by atoms with Crippen molar-refractivity contribution in [3.05, 3.63) is 118 Å². The van der Waals surface area contributed by atoms with E-state index in [4.69, 9.17) is 22.1 Å². The van der Waals surface area contributed by atoms with Crippen molar-refractivity contribution in [2.24, 2.45) is 11.1 Å². The summed E-state index contributed by atoms with van der Waals surface area (Å²) in [5.74, 6) is -2.14. The molecule has 0 saturated heterocycles. The Balaban J connectivity index is 0.000000463. The van der Waals surface area contributed by atoms with Gasteiger partial charge in [-0.2, -0.15) is 5.10 Å². The number of hydrogen-bond donors (Lipinski definition) is 1. The highest BCUT2D eigenvalue weighted by molar-refractivity contribution is 6.30. The fraction of sp³-hybridized carbons (Fsp3) is 0.281. The van der Waals surface area contributed by atoms with Crippen LogP contribution < -0.4 is 5.73 Å². The van der Waals surface area contributed by atoms with Gasteiger partial charge in [0.25, 0.3) is 5.91 Å². The van der Waals surface area contributed by atoms with E-state index in [0.29, 0.717) is 30.6 Å². The molecule has 1 unspecified atom stereocenters. The van der Waals surface area contributed by atoms with Crippen molar-refractivity contribution >= 4 is 29.2 Å². The van der Waals surface area contributed by atoms with Gasteiger partial charge in [0.1, 0.15) is 5.82 Å². The second kappa shape index (κ2) is 12.4. The molecule has 2 amide bonds. The maximum atomic E-state index is 15.5. The lowest BCUT2D eigenvalue weighted by molar-refractivity contribution is -0.129. The highest BCUT2D eigenvalue weighted by Gasteiger charge is 2.51. The predicted molar refractivity (Wildman–Crippen MR) is 158 cm³/mol. The van der Waals surface area contributed by atoms with Crippen molar-refractivity contribution in [3.63, 3.8) is 0 Å². The maximum Gasteiger partial charge on any atom is 0.257 e. The molecule has 9 nitrogen and oxygen atoms in total. The molecule has 1 aliphatic carbocycles. The van der Waals surface area contributed by atoms with Gasteiger partial charge >= 0.3 is 0 Å². The molecule has 0 spiro atoms. The number of carbonyl (C=O) groups is 3. The summed E-state index contributed by atoms with van der Waals surface area (Å²) in [5, 5.41) is 4.89. The van der Waals surface area contributed by atoms with Crippen molar-refractivity contribution in [1.29, 1.82) is 0 Å². The standard InChI is InChI=1S/C26H26FN5O4.C6H5Cl/c1-3-31-12-17(11-30-31)22(33)16-8-19-21(20(27)9-16)24(36-14-26(6-7-26)25(28)35)32(23(19)34)13-18-5-4-15(2)10-29-18;7-6-4-2-1-3-5-6/h4-5,8-12,24H,3,6-7,13-14H2,1-2H3,(H2,28,35);1-5H. The Morgan fingerprint density at radius 1 is 1.12 bits per heavy atom. The Bertz CT molecular complexity index is 1650. The third-order valence-electron chi connectivity index (χ3n) is 7.56. The number of aryl methyl sites for hydroxylation is 2. The molecule has 1 aliphatic heterocycles. The molecular weight excluding hydrogens is 573 g/mol. The molecule has 1 atom stereocenters. The molecule has 1 fully saturated rings. The Hall–Kier alpha value is -4.41. The van der Waals surface area contributed by atoms with Crippen LogP contribution in [0.5, 0.6) is 0 Å². The number of benzene rings is 2. The number of pyridine rings is 1. The molecule has 2 aromatic heterocycles. The minimum atomic E-state index is -1.08. The summed E-state index contributed by atoms with van der Waals surface area (Å²) in [6, 6.07) is 15.6. The molecule has 11 heteroatoms. The highest BCUT2D eigenvalue weighted by Crippen LogP contribution is 2.48. The zero-order chi connectivity index (χ0) is 30.7. The molecule has 3 heterocycles. The molecule has 1 saturated carbocycles. The smallest absolute Gasteiger partial charge is 0.257 e. The van der Waals surface area contributed by atoms with Crippen molar-refractivity contribution in [2.75, 3.05) is 6.61 Å². The summed E-state index contributed by atoms with van der Waals surface area (Å²) in [6.07, 6.45) is 4.75. The number of halogens is 2. The number of hydrogen-bond acceptors (Lipinski definition) is 6. The molecular formula is C32H31ClFN5O4. The van der Waals surface area contributed by atoms with Gasteiger partial charge in [-0.05, 0) is 62.6 Å². The first-order valence-corrected chi connectivity index (χ1v) is 14.2. The molecule has 0 bridgehead atoms. The predicted octanol–water partition coefficient (Wildman–Crippen LogP) is 5.25. The number of fused-ring (bicyclic) bond motifs is 1. The van der Waals surface area contributed by atoms with Gasteiger partial charge in [-0.1, -0.05) is 35.9 Å². The van der Waals surface area contributed by atoms with E-state index in [2.05, 4.69) is 10.1 Å². The molecule has 4 aromatic rings.